The van der Waals surface area contributed by atoms with Gasteiger partial charge in [0.05, 0.1) is 6.04 Å². The Kier molecular flexibility index (Phi) is 6.80. The molecular weight excluding hydrogens is 262 g/mol. The highest BCUT2D eigenvalue weighted by atomic mass is 35.5. The Labute approximate surface area is 111 Å². The smallest absolute Gasteiger partial charge is 0.222 e. The summed E-state index contributed by atoms with van der Waals surface area (Å²) < 4.78 is 26.1. The number of nitrogens with one attached hydrogen (secondary N) is 1. The van der Waals surface area contributed by atoms with Crippen LogP contribution in [0.3, 0.4) is 0 Å². The Morgan fingerprint density at radius 1 is 1.39 bits per heavy atom. The maximum atomic E-state index is 13.4. The molecule has 6 heteroatoms. The van der Waals surface area contributed by atoms with E-state index < -0.39 is 17.7 Å². The van der Waals surface area contributed by atoms with Gasteiger partial charge in [0.25, 0.3) is 0 Å². The number of halogens is 3. The van der Waals surface area contributed by atoms with Crippen LogP contribution in [0.5, 0.6) is 0 Å². The van der Waals surface area contributed by atoms with Crippen LogP contribution in [-0.4, -0.2) is 11.9 Å². The summed E-state index contributed by atoms with van der Waals surface area (Å²) in [6.45, 7) is 3.35. The Bertz CT molecular complexity index is 413. The standard InChI is InChI=1S/C12H16F2N2O.ClH/c1-7(15)5-12(17)16-8(2)10-4-3-9(13)6-11(10)14;/h3-4,6-8H,5,15H2,1-2H3,(H,16,17);1H/t7?,8-;/m1./s1. The lowest BCUT2D eigenvalue weighted by Gasteiger charge is -2.15. The van der Waals surface area contributed by atoms with Crippen molar-refractivity contribution in [3.63, 3.8) is 0 Å². The molecular formula is C12H17ClF2N2O. The Morgan fingerprint density at radius 2 is 2.00 bits per heavy atom. The maximum absolute atomic E-state index is 13.4. The van der Waals surface area contributed by atoms with E-state index in [1.807, 2.05) is 0 Å². The highest BCUT2D eigenvalue weighted by Gasteiger charge is 2.14. The Morgan fingerprint density at radius 3 is 2.50 bits per heavy atom. The fourth-order valence-electron chi connectivity index (χ4n) is 1.52. The molecule has 0 fully saturated rings. The SMILES string of the molecule is CC(N)CC(=O)N[C@H](C)c1ccc(F)cc1F.Cl. The van der Waals surface area contributed by atoms with Crippen LogP contribution in [-0.2, 0) is 4.79 Å². The van der Waals surface area contributed by atoms with Gasteiger partial charge in [-0.05, 0) is 19.9 Å². The molecule has 0 radical (unpaired) electrons. The minimum Gasteiger partial charge on any atom is -0.349 e. The number of rotatable bonds is 4. The predicted molar refractivity (Wildman–Crippen MR) is 68.4 cm³/mol. The second-order valence-corrected chi connectivity index (χ2v) is 4.14. The number of benzene rings is 1. The summed E-state index contributed by atoms with van der Waals surface area (Å²) in [4.78, 5) is 11.4. The molecule has 3 N–H and O–H groups in total. The van der Waals surface area contributed by atoms with Crippen molar-refractivity contribution >= 4 is 18.3 Å². The Hall–Kier alpha value is -1.20. The van der Waals surface area contributed by atoms with Crippen LogP contribution in [0.4, 0.5) is 8.78 Å². The highest BCUT2D eigenvalue weighted by molar-refractivity contribution is 5.85. The molecule has 0 spiro atoms. The lowest BCUT2D eigenvalue weighted by atomic mass is 10.1. The summed E-state index contributed by atoms with van der Waals surface area (Å²) in [6, 6.07) is 2.51. The maximum Gasteiger partial charge on any atom is 0.222 e. The number of carbonyl (C=O) groups is 1. The quantitative estimate of drug-likeness (QED) is 0.888. The van der Waals surface area contributed by atoms with Gasteiger partial charge in [-0.2, -0.15) is 0 Å². The van der Waals surface area contributed by atoms with Crippen LogP contribution >= 0.6 is 12.4 Å². The molecule has 1 aromatic rings. The van der Waals surface area contributed by atoms with E-state index in [4.69, 9.17) is 5.73 Å². The first-order chi connectivity index (χ1) is 7.90. The first kappa shape index (κ1) is 16.8. The van der Waals surface area contributed by atoms with Crippen molar-refractivity contribution < 1.29 is 13.6 Å². The van der Waals surface area contributed by atoms with Crippen LogP contribution < -0.4 is 11.1 Å². The summed E-state index contributed by atoms with van der Waals surface area (Å²) in [7, 11) is 0. The van der Waals surface area contributed by atoms with Crippen molar-refractivity contribution in [3.8, 4) is 0 Å². The molecule has 0 heterocycles. The van der Waals surface area contributed by atoms with Crippen molar-refractivity contribution in [2.45, 2.75) is 32.4 Å². The zero-order valence-corrected chi connectivity index (χ0v) is 11.1. The second-order valence-electron chi connectivity index (χ2n) is 4.14. The molecule has 0 saturated heterocycles. The van der Waals surface area contributed by atoms with E-state index in [9.17, 15) is 13.6 Å². The fourth-order valence-corrected chi connectivity index (χ4v) is 1.52. The minimum atomic E-state index is -0.668. The Balaban J connectivity index is 0.00000289. The molecule has 0 aliphatic heterocycles. The number of amides is 1. The monoisotopic (exact) mass is 278 g/mol. The molecule has 0 saturated carbocycles. The van der Waals surface area contributed by atoms with E-state index >= 15 is 0 Å². The third-order valence-electron chi connectivity index (χ3n) is 2.31. The average molecular weight is 279 g/mol. The van der Waals surface area contributed by atoms with Gasteiger partial charge in [-0.3, -0.25) is 4.79 Å². The molecule has 0 aliphatic carbocycles. The second kappa shape index (κ2) is 7.28. The van der Waals surface area contributed by atoms with Crippen molar-refractivity contribution in [1.82, 2.24) is 5.32 Å². The lowest BCUT2D eigenvalue weighted by Crippen LogP contribution is -2.32. The normalized spacial score (nSPS) is 13.4. The third kappa shape index (κ3) is 4.98. The molecule has 1 rings (SSSR count). The molecule has 3 nitrogen and oxygen atoms in total. The molecule has 0 aromatic heterocycles. The molecule has 0 aliphatic rings. The van der Waals surface area contributed by atoms with Gasteiger partial charge in [0.2, 0.25) is 5.91 Å². The molecule has 1 unspecified atom stereocenters. The van der Waals surface area contributed by atoms with Gasteiger partial charge in [0.1, 0.15) is 11.6 Å². The van der Waals surface area contributed by atoms with Gasteiger partial charge in [0, 0.05) is 24.1 Å². The van der Waals surface area contributed by atoms with Crippen LogP contribution in [0.1, 0.15) is 31.9 Å². The molecule has 18 heavy (non-hydrogen) atoms. The minimum absolute atomic E-state index is 0. The van der Waals surface area contributed by atoms with Gasteiger partial charge >= 0.3 is 0 Å². The summed E-state index contributed by atoms with van der Waals surface area (Å²) in [5.41, 5.74) is 5.73. The summed E-state index contributed by atoms with van der Waals surface area (Å²) in [5, 5.41) is 2.61. The largest absolute Gasteiger partial charge is 0.349 e. The first-order valence-electron chi connectivity index (χ1n) is 5.40. The van der Waals surface area contributed by atoms with Crippen molar-refractivity contribution in [2.75, 3.05) is 0 Å². The topological polar surface area (TPSA) is 55.1 Å². The number of hydrogen-bond donors (Lipinski definition) is 2. The van der Waals surface area contributed by atoms with Crippen molar-refractivity contribution in [1.29, 1.82) is 0 Å². The van der Waals surface area contributed by atoms with Gasteiger partial charge in [-0.15, -0.1) is 12.4 Å². The van der Waals surface area contributed by atoms with Crippen LogP contribution in [0.25, 0.3) is 0 Å². The van der Waals surface area contributed by atoms with Gasteiger partial charge in [-0.25, -0.2) is 8.78 Å². The zero-order chi connectivity index (χ0) is 13.0. The number of carbonyl (C=O) groups excluding carboxylic acids is 1. The van der Waals surface area contributed by atoms with E-state index in [1.54, 1.807) is 13.8 Å². The van der Waals surface area contributed by atoms with Crippen molar-refractivity contribution in [3.05, 3.63) is 35.4 Å². The first-order valence-corrected chi connectivity index (χ1v) is 5.40. The van der Waals surface area contributed by atoms with Gasteiger partial charge < -0.3 is 11.1 Å². The molecule has 1 amide bonds. The van der Waals surface area contributed by atoms with Crippen LogP contribution in [0.2, 0.25) is 0 Å². The van der Waals surface area contributed by atoms with Gasteiger partial charge in [0.15, 0.2) is 0 Å². The van der Waals surface area contributed by atoms with E-state index in [0.717, 1.165) is 12.1 Å². The van der Waals surface area contributed by atoms with Crippen LogP contribution in [0, 0.1) is 11.6 Å². The van der Waals surface area contributed by atoms with E-state index in [0.29, 0.717) is 0 Å². The zero-order valence-electron chi connectivity index (χ0n) is 10.2. The predicted octanol–water partition coefficient (Wildman–Crippen LogP) is 2.30. The average Bonchev–Trinajstić information content (AvgIpc) is 2.15. The summed E-state index contributed by atoms with van der Waals surface area (Å²) in [5.74, 6) is -1.56. The number of hydrogen-bond acceptors (Lipinski definition) is 2. The highest BCUT2D eigenvalue weighted by Crippen LogP contribution is 2.17. The van der Waals surface area contributed by atoms with E-state index in [2.05, 4.69) is 5.32 Å². The lowest BCUT2D eigenvalue weighted by molar-refractivity contribution is -0.122. The van der Waals surface area contributed by atoms with E-state index in [1.165, 1.54) is 6.07 Å². The van der Waals surface area contributed by atoms with Crippen LogP contribution in [0.15, 0.2) is 18.2 Å². The molecule has 1 aromatic carbocycles. The molecule has 2 atom stereocenters. The fraction of sp³-hybridized carbons (Fsp3) is 0.417. The van der Waals surface area contributed by atoms with Crippen molar-refractivity contribution in [2.24, 2.45) is 5.73 Å². The summed E-state index contributed by atoms with van der Waals surface area (Å²) >= 11 is 0. The van der Waals surface area contributed by atoms with E-state index in [-0.39, 0.29) is 36.3 Å². The third-order valence-corrected chi connectivity index (χ3v) is 2.31. The summed E-state index contributed by atoms with van der Waals surface area (Å²) in [6.07, 6.45) is 0.174. The van der Waals surface area contributed by atoms with Gasteiger partial charge in [-0.1, -0.05) is 6.07 Å². The molecule has 0 bridgehead atoms. The molecule has 102 valence electrons. The number of nitrogens with two attached hydrogens (primary N) is 1.